The van der Waals surface area contributed by atoms with Crippen molar-refractivity contribution in [3.8, 4) is 5.75 Å². The van der Waals surface area contributed by atoms with E-state index in [2.05, 4.69) is 20.6 Å². The zero-order chi connectivity index (χ0) is 22.9. The van der Waals surface area contributed by atoms with Crippen LogP contribution in [0.4, 0.5) is 36.3 Å². The van der Waals surface area contributed by atoms with E-state index >= 15 is 0 Å². The Morgan fingerprint density at radius 3 is 2.56 bits per heavy atom. The Morgan fingerprint density at radius 1 is 1.03 bits per heavy atom. The zero-order valence-electron chi connectivity index (χ0n) is 17.5. The minimum absolute atomic E-state index is 0.0817. The summed E-state index contributed by atoms with van der Waals surface area (Å²) in [5.74, 6) is 0.962. The molecule has 1 atom stereocenters. The molecule has 0 radical (unpaired) electrons. The fourth-order valence-electron chi connectivity index (χ4n) is 3.69. The largest absolute Gasteiger partial charge is 0.495 e. The number of rotatable bonds is 5. The summed E-state index contributed by atoms with van der Waals surface area (Å²) in [4.78, 5) is 21.7. The molecule has 1 aromatic heterocycles. The number of methoxy groups -OCH3 is 1. The Balaban J connectivity index is 1.75. The van der Waals surface area contributed by atoms with Gasteiger partial charge in [-0.25, -0.2) is 4.98 Å². The molecule has 9 heteroatoms. The molecule has 0 fully saturated rings. The number of anilines is 4. The van der Waals surface area contributed by atoms with Gasteiger partial charge >= 0.3 is 6.18 Å². The highest BCUT2D eigenvalue weighted by Gasteiger charge is 2.31. The van der Waals surface area contributed by atoms with E-state index in [0.717, 1.165) is 12.1 Å². The number of benzene rings is 2. The van der Waals surface area contributed by atoms with Gasteiger partial charge in [0.25, 0.3) is 0 Å². The number of ketones is 1. The SMILES string of the molecule is COc1ccccc1Nc1nc(Nc2cccc(C(F)(F)F)c2)nc2c1C(=O)CC(C)C2. The smallest absolute Gasteiger partial charge is 0.416 e. The van der Waals surface area contributed by atoms with Crippen molar-refractivity contribution in [3.05, 3.63) is 65.4 Å². The molecule has 166 valence electrons. The normalized spacial score (nSPS) is 15.8. The molecule has 0 saturated heterocycles. The minimum atomic E-state index is -4.47. The van der Waals surface area contributed by atoms with Gasteiger partial charge in [0, 0.05) is 12.1 Å². The number of fused-ring (bicyclic) bond motifs is 1. The second-order valence-electron chi connectivity index (χ2n) is 7.68. The molecular weight excluding hydrogens is 421 g/mol. The molecule has 1 unspecified atom stereocenters. The summed E-state index contributed by atoms with van der Waals surface area (Å²) < 4.78 is 44.6. The number of carbonyl (C=O) groups is 1. The summed E-state index contributed by atoms with van der Waals surface area (Å²) in [6.07, 6.45) is -3.54. The molecule has 1 aliphatic carbocycles. The summed E-state index contributed by atoms with van der Waals surface area (Å²) in [7, 11) is 1.53. The first-order valence-electron chi connectivity index (χ1n) is 10.0. The molecule has 0 bridgehead atoms. The second kappa shape index (κ2) is 8.49. The van der Waals surface area contributed by atoms with Crippen LogP contribution in [0.1, 0.15) is 35.0 Å². The first-order chi connectivity index (χ1) is 15.2. The van der Waals surface area contributed by atoms with Gasteiger partial charge in [0.05, 0.1) is 29.6 Å². The van der Waals surface area contributed by atoms with Crippen molar-refractivity contribution in [1.29, 1.82) is 0 Å². The number of nitrogens with zero attached hydrogens (tertiary/aromatic N) is 2. The lowest BCUT2D eigenvalue weighted by Crippen LogP contribution is -2.22. The van der Waals surface area contributed by atoms with Crippen LogP contribution in [-0.4, -0.2) is 22.9 Å². The van der Waals surface area contributed by atoms with E-state index in [1.165, 1.54) is 19.2 Å². The molecule has 1 aliphatic rings. The fourth-order valence-corrected chi connectivity index (χ4v) is 3.69. The zero-order valence-corrected chi connectivity index (χ0v) is 17.5. The van der Waals surface area contributed by atoms with Gasteiger partial charge in [-0.3, -0.25) is 4.79 Å². The fraction of sp³-hybridized carbons (Fsp3) is 0.261. The van der Waals surface area contributed by atoms with E-state index in [1.807, 2.05) is 19.1 Å². The van der Waals surface area contributed by atoms with Gasteiger partial charge in [0.1, 0.15) is 11.6 Å². The molecule has 2 aromatic carbocycles. The van der Waals surface area contributed by atoms with Crippen LogP contribution >= 0.6 is 0 Å². The Bertz CT molecular complexity index is 1160. The Morgan fingerprint density at radius 2 is 1.81 bits per heavy atom. The molecule has 1 heterocycles. The van der Waals surface area contributed by atoms with Crippen molar-refractivity contribution in [3.63, 3.8) is 0 Å². The van der Waals surface area contributed by atoms with Gasteiger partial charge in [0.15, 0.2) is 5.78 Å². The van der Waals surface area contributed by atoms with Crippen molar-refractivity contribution in [2.75, 3.05) is 17.7 Å². The third-order valence-electron chi connectivity index (χ3n) is 5.14. The second-order valence-corrected chi connectivity index (χ2v) is 7.68. The third kappa shape index (κ3) is 4.51. The van der Waals surface area contributed by atoms with Crippen LogP contribution in [0.3, 0.4) is 0 Å². The molecule has 4 rings (SSSR count). The molecule has 0 aliphatic heterocycles. The summed E-state index contributed by atoms with van der Waals surface area (Å²) in [5, 5.41) is 5.99. The van der Waals surface area contributed by atoms with E-state index in [9.17, 15) is 18.0 Å². The van der Waals surface area contributed by atoms with Crippen LogP contribution in [-0.2, 0) is 12.6 Å². The van der Waals surface area contributed by atoms with Crippen LogP contribution in [0.15, 0.2) is 48.5 Å². The number of Topliss-reactive ketones (excluding diaryl/α,β-unsaturated/α-hetero) is 1. The van der Waals surface area contributed by atoms with Crippen LogP contribution < -0.4 is 15.4 Å². The summed E-state index contributed by atoms with van der Waals surface area (Å²) >= 11 is 0. The van der Waals surface area contributed by atoms with E-state index in [0.29, 0.717) is 35.5 Å². The number of hydrogen-bond acceptors (Lipinski definition) is 6. The number of halogens is 3. The van der Waals surface area contributed by atoms with Crippen LogP contribution in [0, 0.1) is 5.92 Å². The molecule has 0 saturated carbocycles. The Hall–Kier alpha value is -3.62. The monoisotopic (exact) mass is 442 g/mol. The standard InChI is InChI=1S/C23H21F3N4O2/c1-13-10-17-20(18(31)11-13)21(28-16-8-3-4-9-19(16)32-2)30-22(29-17)27-15-7-5-6-14(12-15)23(24,25)26/h3-9,12-13H,10-11H2,1-2H3,(H2,27,28,29,30). The highest BCUT2D eigenvalue weighted by atomic mass is 19.4. The van der Waals surface area contributed by atoms with Crippen LogP contribution in [0.5, 0.6) is 5.75 Å². The lowest BCUT2D eigenvalue weighted by molar-refractivity contribution is -0.137. The molecule has 0 amide bonds. The average molecular weight is 442 g/mol. The Kier molecular flexibility index (Phi) is 5.73. The van der Waals surface area contributed by atoms with Crippen molar-refractivity contribution >= 4 is 28.9 Å². The molecule has 0 spiro atoms. The van der Waals surface area contributed by atoms with Crippen molar-refractivity contribution < 1.29 is 22.7 Å². The molecule has 6 nitrogen and oxygen atoms in total. The predicted octanol–water partition coefficient (Wildman–Crippen LogP) is 5.76. The highest BCUT2D eigenvalue weighted by Crippen LogP contribution is 2.35. The molecule has 2 N–H and O–H groups in total. The number of hydrogen-bond donors (Lipinski definition) is 2. The molecule has 3 aromatic rings. The van der Waals surface area contributed by atoms with E-state index < -0.39 is 11.7 Å². The number of carbonyl (C=O) groups excluding carboxylic acids is 1. The quantitative estimate of drug-likeness (QED) is 0.524. The summed E-state index contributed by atoms with van der Waals surface area (Å²) in [5.41, 5.74) is 0.960. The Labute approximate surface area is 182 Å². The number of alkyl halides is 3. The van der Waals surface area contributed by atoms with Crippen molar-refractivity contribution in [2.24, 2.45) is 5.92 Å². The first-order valence-corrected chi connectivity index (χ1v) is 10.0. The van der Waals surface area contributed by atoms with E-state index in [-0.39, 0.29) is 29.2 Å². The number of para-hydroxylation sites is 2. The van der Waals surface area contributed by atoms with E-state index in [4.69, 9.17) is 4.74 Å². The maximum atomic E-state index is 13.1. The summed E-state index contributed by atoms with van der Waals surface area (Å²) in [6, 6.07) is 12.0. The van der Waals surface area contributed by atoms with Crippen molar-refractivity contribution in [1.82, 2.24) is 9.97 Å². The number of aromatic nitrogens is 2. The lowest BCUT2D eigenvalue weighted by atomic mass is 9.87. The topological polar surface area (TPSA) is 76.1 Å². The first kappa shape index (κ1) is 21.6. The predicted molar refractivity (Wildman–Crippen MR) is 115 cm³/mol. The molecule has 32 heavy (non-hydrogen) atoms. The highest BCUT2D eigenvalue weighted by molar-refractivity contribution is 6.03. The van der Waals surface area contributed by atoms with Gasteiger partial charge in [-0.1, -0.05) is 25.1 Å². The van der Waals surface area contributed by atoms with Gasteiger partial charge in [0.2, 0.25) is 5.95 Å². The van der Waals surface area contributed by atoms with E-state index in [1.54, 1.807) is 12.1 Å². The summed E-state index contributed by atoms with van der Waals surface area (Å²) in [6.45, 7) is 1.95. The van der Waals surface area contributed by atoms with Gasteiger partial charge in [-0.15, -0.1) is 0 Å². The van der Waals surface area contributed by atoms with Crippen molar-refractivity contribution in [2.45, 2.75) is 25.9 Å². The third-order valence-corrected chi connectivity index (χ3v) is 5.14. The van der Waals surface area contributed by atoms with Crippen LogP contribution in [0.2, 0.25) is 0 Å². The maximum absolute atomic E-state index is 13.1. The number of ether oxygens (including phenoxy) is 1. The maximum Gasteiger partial charge on any atom is 0.416 e. The van der Waals surface area contributed by atoms with Gasteiger partial charge in [-0.2, -0.15) is 18.2 Å². The van der Waals surface area contributed by atoms with Crippen LogP contribution in [0.25, 0.3) is 0 Å². The lowest BCUT2D eigenvalue weighted by Gasteiger charge is -2.23. The minimum Gasteiger partial charge on any atom is -0.495 e. The van der Waals surface area contributed by atoms with Gasteiger partial charge in [-0.05, 0) is 42.7 Å². The molecular formula is C23H21F3N4O2. The number of nitrogens with one attached hydrogen (secondary N) is 2. The van der Waals surface area contributed by atoms with Gasteiger partial charge < -0.3 is 15.4 Å². The average Bonchev–Trinajstić information content (AvgIpc) is 2.73.